The van der Waals surface area contributed by atoms with Crippen LogP contribution in [0.4, 0.5) is 0 Å². The number of hydrogen-bond donors (Lipinski definition) is 1. The van der Waals surface area contributed by atoms with Gasteiger partial charge in [-0.15, -0.1) is 0 Å². The highest BCUT2D eigenvalue weighted by atomic mass is 32.2. The number of nitrogens with zero attached hydrogens (tertiary/aromatic N) is 2. The van der Waals surface area contributed by atoms with Crippen LogP contribution in [0.5, 0.6) is 5.75 Å². The summed E-state index contributed by atoms with van der Waals surface area (Å²) in [6.45, 7) is 0.604. The molecule has 2 heterocycles. The second kappa shape index (κ2) is 6.49. The van der Waals surface area contributed by atoms with Crippen LogP contribution in [0.3, 0.4) is 0 Å². The van der Waals surface area contributed by atoms with E-state index in [0.29, 0.717) is 18.7 Å². The van der Waals surface area contributed by atoms with Crippen LogP contribution in [0.2, 0.25) is 0 Å². The average Bonchev–Trinajstić information content (AvgIpc) is 2.90. The van der Waals surface area contributed by atoms with Crippen LogP contribution < -0.4 is 9.46 Å². The molecule has 7 nitrogen and oxygen atoms in total. The topological polar surface area (TPSA) is 80.8 Å². The van der Waals surface area contributed by atoms with Gasteiger partial charge < -0.3 is 9.47 Å². The Labute approximate surface area is 119 Å². The summed E-state index contributed by atoms with van der Waals surface area (Å²) in [4.78, 5) is 3.95. The number of rotatable bonds is 6. The summed E-state index contributed by atoms with van der Waals surface area (Å²) in [5.41, 5.74) is 0. The van der Waals surface area contributed by atoms with Gasteiger partial charge in [0, 0.05) is 26.9 Å². The van der Waals surface area contributed by atoms with E-state index < -0.39 is 10.2 Å². The molecule has 2 atom stereocenters. The lowest BCUT2D eigenvalue weighted by Gasteiger charge is -2.22. The van der Waals surface area contributed by atoms with Gasteiger partial charge in [-0.25, -0.2) is 4.72 Å². The van der Waals surface area contributed by atoms with E-state index in [9.17, 15) is 8.42 Å². The molecule has 1 aliphatic heterocycles. The van der Waals surface area contributed by atoms with E-state index in [1.807, 2.05) is 0 Å². The molecule has 0 bridgehead atoms. The van der Waals surface area contributed by atoms with Crippen molar-refractivity contribution >= 4 is 10.2 Å². The van der Waals surface area contributed by atoms with Crippen molar-refractivity contribution in [1.82, 2.24) is 14.0 Å². The maximum atomic E-state index is 12.0. The molecular formula is C12H19N3O4S. The van der Waals surface area contributed by atoms with Crippen LogP contribution in [0.25, 0.3) is 0 Å². The van der Waals surface area contributed by atoms with Crippen LogP contribution in [0, 0.1) is 0 Å². The average molecular weight is 301 g/mol. The number of pyridine rings is 1. The van der Waals surface area contributed by atoms with Crippen molar-refractivity contribution < 1.29 is 17.9 Å². The summed E-state index contributed by atoms with van der Waals surface area (Å²) in [6.07, 6.45) is 3.75. The standard InChI is InChI=1S/C12H19N3O4S/c1-13-20(16,17)15-8-12(18-2)6-10(15)9-19-11-4-3-5-14-7-11/h3-5,7,10,12-13H,6,8-9H2,1-2H3/t10-,12-/m1/s1. The number of hydrogen-bond acceptors (Lipinski definition) is 5. The third kappa shape index (κ3) is 3.45. The quantitative estimate of drug-likeness (QED) is 0.801. The zero-order valence-corrected chi connectivity index (χ0v) is 12.3. The first-order valence-corrected chi connectivity index (χ1v) is 7.76. The third-order valence-electron chi connectivity index (χ3n) is 3.30. The fourth-order valence-corrected chi connectivity index (χ4v) is 3.34. The Bertz CT molecular complexity index is 523. The van der Waals surface area contributed by atoms with E-state index in [2.05, 4.69) is 9.71 Å². The Morgan fingerprint density at radius 3 is 2.95 bits per heavy atom. The van der Waals surface area contributed by atoms with E-state index >= 15 is 0 Å². The minimum absolute atomic E-state index is 0.111. The molecule has 1 N–H and O–H groups in total. The monoisotopic (exact) mass is 301 g/mol. The fraction of sp³-hybridized carbons (Fsp3) is 0.583. The molecule has 1 aromatic rings. The van der Waals surface area contributed by atoms with Crippen molar-refractivity contribution in [2.24, 2.45) is 0 Å². The van der Waals surface area contributed by atoms with E-state index in [-0.39, 0.29) is 18.8 Å². The lowest BCUT2D eigenvalue weighted by atomic mass is 10.2. The molecule has 20 heavy (non-hydrogen) atoms. The van der Waals surface area contributed by atoms with E-state index in [1.54, 1.807) is 31.6 Å². The first-order valence-electron chi connectivity index (χ1n) is 6.32. The molecule has 0 radical (unpaired) electrons. The molecule has 0 aromatic carbocycles. The van der Waals surface area contributed by atoms with E-state index in [4.69, 9.17) is 9.47 Å². The Morgan fingerprint density at radius 1 is 1.55 bits per heavy atom. The van der Waals surface area contributed by atoms with Crippen molar-refractivity contribution in [3.8, 4) is 5.75 Å². The highest BCUT2D eigenvalue weighted by Gasteiger charge is 2.39. The van der Waals surface area contributed by atoms with Crippen molar-refractivity contribution in [2.45, 2.75) is 18.6 Å². The van der Waals surface area contributed by atoms with Crippen molar-refractivity contribution in [2.75, 3.05) is 27.3 Å². The van der Waals surface area contributed by atoms with Crippen LogP contribution in [-0.2, 0) is 14.9 Å². The zero-order valence-electron chi connectivity index (χ0n) is 11.5. The number of nitrogens with one attached hydrogen (secondary N) is 1. The van der Waals surface area contributed by atoms with Crippen molar-refractivity contribution in [3.63, 3.8) is 0 Å². The first kappa shape index (κ1) is 15.2. The van der Waals surface area contributed by atoms with Gasteiger partial charge in [0.05, 0.1) is 18.3 Å². The fourth-order valence-electron chi connectivity index (χ4n) is 2.20. The molecule has 1 saturated heterocycles. The van der Waals surface area contributed by atoms with Gasteiger partial charge in [0.15, 0.2) is 0 Å². The van der Waals surface area contributed by atoms with Crippen molar-refractivity contribution in [3.05, 3.63) is 24.5 Å². The molecule has 1 aliphatic rings. The van der Waals surface area contributed by atoms with Gasteiger partial charge in [-0.2, -0.15) is 12.7 Å². The van der Waals surface area contributed by atoms with Gasteiger partial charge in [-0.05, 0) is 18.6 Å². The van der Waals surface area contributed by atoms with Crippen LogP contribution >= 0.6 is 0 Å². The largest absolute Gasteiger partial charge is 0.490 e. The Kier molecular flexibility index (Phi) is 4.92. The van der Waals surface area contributed by atoms with Gasteiger partial charge in [0.25, 0.3) is 10.2 Å². The van der Waals surface area contributed by atoms with Gasteiger partial charge in [0.1, 0.15) is 12.4 Å². The molecule has 8 heteroatoms. The Hall–Kier alpha value is -1.22. The summed E-state index contributed by atoms with van der Waals surface area (Å²) in [5, 5.41) is 0. The molecule has 1 fully saturated rings. The summed E-state index contributed by atoms with van der Waals surface area (Å²) < 4.78 is 38.5. The molecule has 2 rings (SSSR count). The highest BCUT2D eigenvalue weighted by Crippen LogP contribution is 2.23. The second-order valence-corrected chi connectivity index (χ2v) is 6.35. The molecule has 0 aliphatic carbocycles. The first-order chi connectivity index (χ1) is 9.56. The van der Waals surface area contributed by atoms with Crippen LogP contribution in [0.1, 0.15) is 6.42 Å². The summed E-state index contributed by atoms with van der Waals surface area (Å²) in [5.74, 6) is 0.621. The molecular weight excluding hydrogens is 282 g/mol. The zero-order chi connectivity index (χ0) is 14.6. The van der Waals surface area contributed by atoms with Gasteiger partial charge in [-0.3, -0.25) is 4.98 Å². The van der Waals surface area contributed by atoms with Gasteiger partial charge in [0.2, 0.25) is 0 Å². The molecule has 1 aromatic heterocycles. The van der Waals surface area contributed by atoms with Gasteiger partial charge >= 0.3 is 0 Å². The molecule has 112 valence electrons. The van der Waals surface area contributed by atoms with E-state index in [0.717, 1.165) is 0 Å². The van der Waals surface area contributed by atoms with Crippen LogP contribution in [-0.4, -0.2) is 57.2 Å². The van der Waals surface area contributed by atoms with Crippen molar-refractivity contribution in [1.29, 1.82) is 0 Å². The third-order valence-corrected chi connectivity index (χ3v) is 4.88. The Morgan fingerprint density at radius 2 is 2.35 bits per heavy atom. The predicted octanol–water partition coefficient (Wildman–Crippen LogP) is 0.0139. The second-order valence-electron chi connectivity index (χ2n) is 4.53. The Balaban J connectivity index is 2.04. The molecule has 0 saturated carbocycles. The maximum Gasteiger partial charge on any atom is 0.279 e. The number of ether oxygens (including phenoxy) is 2. The molecule has 0 unspecified atom stereocenters. The minimum Gasteiger partial charge on any atom is -0.490 e. The number of methoxy groups -OCH3 is 1. The lowest BCUT2D eigenvalue weighted by Crippen LogP contribution is -2.44. The van der Waals surface area contributed by atoms with Gasteiger partial charge in [-0.1, -0.05) is 0 Å². The summed E-state index contributed by atoms with van der Waals surface area (Å²) in [7, 11) is -0.507. The summed E-state index contributed by atoms with van der Waals surface area (Å²) in [6, 6.07) is 3.30. The minimum atomic E-state index is -3.49. The van der Waals surface area contributed by atoms with E-state index in [1.165, 1.54) is 11.4 Å². The highest BCUT2D eigenvalue weighted by molar-refractivity contribution is 7.87. The maximum absolute atomic E-state index is 12.0. The molecule has 0 amide bonds. The predicted molar refractivity (Wildman–Crippen MR) is 73.6 cm³/mol. The number of aromatic nitrogens is 1. The smallest absolute Gasteiger partial charge is 0.279 e. The van der Waals surface area contributed by atoms with Crippen LogP contribution in [0.15, 0.2) is 24.5 Å². The lowest BCUT2D eigenvalue weighted by molar-refractivity contribution is 0.113. The molecule has 0 spiro atoms. The SMILES string of the molecule is CNS(=O)(=O)N1C[C@H](OC)C[C@@H]1COc1cccnc1. The summed E-state index contributed by atoms with van der Waals surface area (Å²) >= 11 is 0. The normalized spacial score (nSPS) is 23.9.